The Balaban J connectivity index is 1.50. The van der Waals surface area contributed by atoms with Crippen LogP contribution in [0.3, 0.4) is 0 Å². The van der Waals surface area contributed by atoms with Gasteiger partial charge in [-0.1, -0.05) is 11.6 Å². The van der Waals surface area contributed by atoms with Gasteiger partial charge in [0, 0.05) is 36.8 Å². The average molecular weight is 394 g/mol. The van der Waals surface area contributed by atoms with Crippen LogP contribution in [0.5, 0.6) is 0 Å². The molecule has 0 aromatic heterocycles. The van der Waals surface area contributed by atoms with E-state index in [4.69, 9.17) is 16.3 Å². The first-order chi connectivity index (χ1) is 13.0. The fraction of sp³-hybridized carbons (Fsp3) is 0.526. The third-order valence-corrected chi connectivity index (χ3v) is 5.20. The van der Waals surface area contributed by atoms with E-state index in [-0.39, 0.29) is 30.2 Å². The van der Waals surface area contributed by atoms with Gasteiger partial charge in [-0.2, -0.15) is 0 Å². The quantitative estimate of drug-likeness (QED) is 0.832. The molecule has 27 heavy (non-hydrogen) atoms. The standard InChI is InChI=1S/C19H24ClN3O4/c20-16-5-3-14(4-6-16)19(26)23-7-1-2-15(13-23)18(25)21-12-17(24)22-8-10-27-11-9-22/h3-6,15H,1-2,7-13H2,(H,21,25)/t15-/m1/s1. The molecule has 1 atom stereocenters. The summed E-state index contributed by atoms with van der Waals surface area (Å²) in [6, 6.07) is 6.74. The molecule has 0 saturated carbocycles. The lowest BCUT2D eigenvalue weighted by Crippen LogP contribution is -2.49. The van der Waals surface area contributed by atoms with Crippen LogP contribution >= 0.6 is 11.6 Å². The van der Waals surface area contributed by atoms with E-state index >= 15 is 0 Å². The number of likely N-dealkylation sites (tertiary alicyclic amines) is 1. The predicted octanol–water partition coefficient (Wildman–Crippen LogP) is 1.17. The highest BCUT2D eigenvalue weighted by Crippen LogP contribution is 2.20. The summed E-state index contributed by atoms with van der Waals surface area (Å²) in [6.45, 7) is 3.15. The molecule has 1 aromatic rings. The number of hydrogen-bond acceptors (Lipinski definition) is 4. The Bertz CT molecular complexity index is 689. The number of hydrogen-bond donors (Lipinski definition) is 1. The molecule has 2 fully saturated rings. The van der Waals surface area contributed by atoms with Crippen molar-refractivity contribution in [1.29, 1.82) is 0 Å². The first kappa shape index (κ1) is 19.6. The van der Waals surface area contributed by atoms with E-state index in [9.17, 15) is 14.4 Å². The Labute approximate surface area is 163 Å². The molecule has 3 rings (SSSR count). The van der Waals surface area contributed by atoms with Gasteiger partial charge < -0.3 is 19.9 Å². The molecule has 2 aliphatic heterocycles. The lowest BCUT2D eigenvalue weighted by atomic mass is 9.96. The molecular formula is C19H24ClN3O4. The van der Waals surface area contributed by atoms with Crippen molar-refractivity contribution >= 4 is 29.3 Å². The van der Waals surface area contributed by atoms with Crippen LogP contribution in [0.25, 0.3) is 0 Å². The van der Waals surface area contributed by atoms with Crippen LogP contribution in [0.1, 0.15) is 23.2 Å². The fourth-order valence-electron chi connectivity index (χ4n) is 3.38. The van der Waals surface area contributed by atoms with E-state index in [2.05, 4.69) is 5.32 Å². The van der Waals surface area contributed by atoms with E-state index in [0.717, 1.165) is 6.42 Å². The number of amides is 3. The molecule has 2 aliphatic rings. The molecule has 0 aliphatic carbocycles. The second-order valence-electron chi connectivity index (χ2n) is 6.81. The third kappa shape index (κ3) is 5.20. The summed E-state index contributed by atoms with van der Waals surface area (Å²) in [7, 11) is 0. The van der Waals surface area contributed by atoms with Gasteiger partial charge in [0.05, 0.1) is 25.7 Å². The Kier molecular flexibility index (Phi) is 6.68. The minimum Gasteiger partial charge on any atom is -0.378 e. The normalized spacial score (nSPS) is 20.3. The zero-order valence-corrected chi connectivity index (χ0v) is 15.9. The van der Waals surface area contributed by atoms with Gasteiger partial charge in [-0.3, -0.25) is 14.4 Å². The predicted molar refractivity (Wildman–Crippen MR) is 100 cm³/mol. The minimum atomic E-state index is -0.299. The summed E-state index contributed by atoms with van der Waals surface area (Å²) in [5.41, 5.74) is 0.558. The van der Waals surface area contributed by atoms with Gasteiger partial charge in [0.15, 0.2) is 0 Å². The second-order valence-corrected chi connectivity index (χ2v) is 7.24. The summed E-state index contributed by atoms with van der Waals surface area (Å²) < 4.78 is 5.22. The Morgan fingerprint density at radius 1 is 1.07 bits per heavy atom. The number of ether oxygens (including phenoxy) is 1. The average Bonchev–Trinajstić information content (AvgIpc) is 2.72. The van der Waals surface area contributed by atoms with E-state index in [1.54, 1.807) is 34.1 Å². The highest BCUT2D eigenvalue weighted by molar-refractivity contribution is 6.30. The maximum atomic E-state index is 12.6. The van der Waals surface area contributed by atoms with Gasteiger partial charge in [0.2, 0.25) is 11.8 Å². The van der Waals surface area contributed by atoms with Crippen LogP contribution in [0.4, 0.5) is 0 Å². The lowest BCUT2D eigenvalue weighted by Gasteiger charge is -2.32. The van der Waals surface area contributed by atoms with Crippen molar-refractivity contribution in [3.8, 4) is 0 Å². The number of carbonyl (C=O) groups is 3. The highest BCUT2D eigenvalue weighted by atomic mass is 35.5. The maximum absolute atomic E-state index is 12.6. The Morgan fingerprint density at radius 2 is 1.78 bits per heavy atom. The van der Waals surface area contributed by atoms with Gasteiger partial charge in [0.1, 0.15) is 0 Å². The number of benzene rings is 1. The van der Waals surface area contributed by atoms with Crippen LogP contribution in [-0.2, 0) is 14.3 Å². The van der Waals surface area contributed by atoms with Gasteiger partial charge in [-0.05, 0) is 37.1 Å². The molecule has 146 valence electrons. The van der Waals surface area contributed by atoms with E-state index in [0.29, 0.717) is 56.4 Å². The van der Waals surface area contributed by atoms with E-state index in [1.165, 1.54) is 0 Å². The van der Waals surface area contributed by atoms with Crippen molar-refractivity contribution in [3.63, 3.8) is 0 Å². The zero-order valence-electron chi connectivity index (χ0n) is 15.2. The number of piperidine rings is 1. The van der Waals surface area contributed by atoms with Crippen LogP contribution in [-0.4, -0.2) is 73.5 Å². The number of nitrogens with one attached hydrogen (secondary N) is 1. The van der Waals surface area contributed by atoms with Gasteiger partial charge in [-0.25, -0.2) is 0 Å². The molecular weight excluding hydrogens is 370 g/mol. The first-order valence-corrected chi connectivity index (χ1v) is 9.60. The van der Waals surface area contributed by atoms with E-state index < -0.39 is 0 Å². The lowest BCUT2D eigenvalue weighted by molar-refractivity contribution is -0.137. The summed E-state index contributed by atoms with van der Waals surface area (Å²) in [5.74, 6) is -0.678. The van der Waals surface area contributed by atoms with Crippen molar-refractivity contribution in [2.24, 2.45) is 5.92 Å². The van der Waals surface area contributed by atoms with Crippen molar-refractivity contribution in [2.45, 2.75) is 12.8 Å². The molecule has 3 amide bonds. The number of rotatable bonds is 4. The topological polar surface area (TPSA) is 79.0 Å². The van der Waals surface area contributed by atoms with Crippen LogP contribution in [0.15, 0.2) is 24.3 Å². The second kappa shape index (κ2) is 9.19. The third-order valence-electron chi connectivity index (χ3n) is 4.95. The molecule has 1 N–H and O–H groups in total. The van der Waals surface area contributed by atoms with Crippen molar-refractivity contribution in [1.82, 2.24) is 15.1 Å². The fourth-order valence-corrected chi connectivity index (χ4v) is 3.51. The van der Waals surface area contributed by atoms with Crippen molar-refractivity contribution in [3.05, 3.63) is 34.9 Å². The summed E-state index contributed by atoms with van der Waals surface area (Å²) in [5, 5.41) is 3.31. The summed E-state index contributed by atoms with van der Waals surface area (Å²) in [4.78, 5) is 40.6. The molecule has 2 heterocycles. The minimum absolute atomic E-state index is 0.0134. The number of nitrogens with zero attached hydrogens (tertiary/aromatic N) is 2. The zero-order chi connectivity index (χ0) is 19.2. The van der Waals surface area contributed by atoms with Crippen LogP contribution in [0.2, 0.25) is 5.02 Å². The molecule has 2 saturated heterocycles. The Morgan fingerprint density at radius 3 is 2.48 bits per heavy atom. The molecule has 0 bridgehead atoms. The first-order valence-electron chi connectivity index (χ1n) is 9.22. The molecule has 1 aromatic carbocycles. The SMILES string of the molecule is O=C(NCC(=O)N1CCOCC1)[C@@H]1CCCN(C(=O)c2ccc(Cl)cc2)C1. The number of carbonyl (C=O) groups excluding carboxylic acids is 3. The maximum Gasteiger partial charge on any atom is 0.253 e. The summed E-state index contributed by atoms with van der Waals surface area (Å²) >= 11 is 5.87. The number of halogens is 1. The number of morpholine rings is 1. The summed E-state index contributed by atoms with van der Waals surface area (Å²) in [6.07, 6.45) is 1.47. The molecule has 8 heteroatoms. The molecule has 0 unspecified atom stereocenters. The van der Waals surface area contributed by atoms with Crippen LogP contribution < -0.4 is 5.32 Å². The van der Waals surface area contributed by atoms with Gasteiger partial charge in [0.25, 0.3) is 5.91 Å². The molecule has 0 spiro atoms. The largest absolute Gasteiger partial charge is 0.378 e. The van der Waals surface area contributed by atoms with Crippen molar-refractivity contribution < 1.29 is 19.1 Å². The van der Waals surface area contributed by atoms with Crippen LogP contribution in [0, 0.1) is 5.92 Å². The molecule has 0 radical (unpaired) electrons. The van der Waals surface area contributed by atoms with E-state index in [1.807, 2.05) is 0 Å². The highest BCUT2D eigenvalue weighted by Gasteiger charge is 2.29. The smallest absolute Gasteiger partial charge is 0.253 e. The monoisotopic (exact) mass is 393 g/mol. The van der Waals surface area contributed by atoms with Gasteiger partial charge in [-0.15, -0.1) is 0 Å². The van der Waals surface area contributed by atoms with Gasteiger partial charge >= 0.3 is 0 Å². The Hall–Kier alpha value is -2.12. The van der Waals surface area contributed by atoms with Crippen molar-refractivity contribution in [2.75, 3.05) is 45.9 Å². The molecule has 7 nitrogen and oxygen atoms in total.